The fourth-order valence-electron chi connectivity index (χ4n) is 2.06. The molecule has 1 aliphatic carbocycles. The van der Waals surface area contributed by atoms with Gasteiger partial charge in [-0.25, -0.2) is 0 Å². The van der Waals surface area contributed by atoms with E-state index >= 15 is 0 Å². The van der Waals surface area contributed by atoms with Crippen LogP contribution < -0.4 is 0 Å². The summed E-state index contributed by atoms with van der Waals surface area (Å²) in [6.45, 7) is 6.16. The van der Waals surface area contributed by atoms with Crippen molar-refractivity contribution in [2.24, 2.45) is 5.41 Å². The normalized spacial score (nSPS) is 19.5. The minimum Gasteiger partial charge on any atom is -0.360 e. The Labute approximate surface area is 83.5 Å². The van der Waals surface area contributed by atoms with Gasteiger partial charge in [0.2, 0.25) is 0 Å². The van der Waals surface area contributed by atoms with Crippen LogP contribution in [0.3, 0.4) is 0 Å². The number of hydrogen-bond donors (Lipinski definition) is 0. The lowest BCUT2D eigenvalue weighted by atomic mass is 9.76. The van der Waals surface area contributed by atoms with Crippen LogP contribution in [-0.2, 0) is 12.8 Å². The molecular weight excluding hydrogens is 178 g/mol. The second-order valence-electron chi connectivity index (χ2n) is 4.72. The molecule has 0 saturated carbocycles. The highest BCUT2D eigenvalue weighted by Gasteiger charge is 2.35. The average molecular weight is 193 g/mol. The molecule has 2 rings (SSSR count). The molecule has 0 unspecified atom stereocenters. The van der Waals surface area contributed by atoms with E-state index < -0.39 is 0 Å². The van der Waals surface area contributed by atoms with Gasteiger partial charge in [-0.05, 0) is 11.8 Å². The Kier molecular flexibility index (Phi) is 1.98. The highest BCUT2D eigenvalue weighted by molar-refractivity contribution is 5.99. The smallest absolute Gasteiger partial charge is 0.168 e. The number of rotatable bonds is 1. The van der Waals surface area contributed by atoms with Crippen molar-refractivity contribution in [3.8, 4) is 0 Å². The van der Waals surface area contributed by atoms with E-state index in [1.165, 1.54) is 0 Å². The minimum absolute atomic E-state index is 0.0224. The third-order valence-corrected chi connectivity index (χ3v) is 2.73. The molecule has 1 aromatic heterocycles. The first-order valence-electron chi connectivity index (χ1n) is 5.04. The minimum atomic E-state index is 0.0224. The first-order chi connectivity index (χ1) is 6.53. The van der Waals surface area contributed by atoms with Gasteiger partial charge >= 0.3 is 0 Å². The molecule has 0 bridgehead atoms. The number of carbonyl (C=O) groups is 1. The van der Waals surface area contributed by atoms with Gasteiger partial charge in [-0.15, -0.1) is 0 Å². The van der Waals surface area contributed by atoms with Crippen molar-refractivity contribution in [3.05, 3.63) is 17.0 Å². The molecule has 14 heavy (non-hydrogen) atoms. The lowest BCUT2D eigenvalue weighted by Crippen LogP contribution is -2.26. The molecule has 0 radical (unpaired) electrons. The van der Waals surface area contributed by atoms with E-state index in [1.54, 1.807) is 0 Å². The summed E-state index contributed by atoms with van der Waals surface area (Å²) in [5, 5.41) is 3.94. The van der Waals surface area contributed by atoms with Crippen LogP contribution in [0.4, 0.5) is 0 Å². The lowest BCUT2D eigenvalue weighted by molar-refractivity contribution is 0.0901. The summed E-state index contributed by atoms with van der Waals surface area (Å²) in [4.78, 5) is 11.8. The van der Waals surface area contributed by atoms with Gasteiger partial charge < -0.3 is 4.52 Å². The average Bonchev–Trinajstić information content (AvgIpc) is 2.44. The second-order valence-corrected chi connectivity index (χ2v) is 4.72. The van der Waals surface area contributed by atoms with Crippen molar-refractivity contribution in [2.45, 2.75) is 40.0 Å². The maximum Gasteiger partial charge on any atom is 0.168 e. The summed E-state index contributed by atoms with van der Waals surface area (Å²) in [5.74, 6) is 0.970. The predicted octanol–water partition coefficient (Wildman–Crippen LogP) is 2.39. The quantitative estimate of drug-likeness (QED) is 0.687. The third-order valence-electron chi connectivity index (χ3n) is 2.73. The second kappa shape index (κ2) is 2.94. The van der Waals surface area contributed by atoms with E-state index in [1.807, 2.05) is 6.92 Å². The number of ketones is 1. The molecule has 3 heteroatoms. The number of fused-ring (bicyclic) bond motifs is 1. The zero-order valence-corrected chi connectivity index (χ0v) is 8.89. The Morgan fingerprint density at radius 2 is 2.14 bits per heavy atom. The maximum atomic E-state index is 11.8. The molecule has 0 atom stereocenters. The zero-order chi connectivity index (χ0) is 10.3. The van der Waals surface area contributed by atoms with Crippen molar-refractivity contribution in [1.29, 1.82) is 0 Å². The fraction of sp³-hybridized carbons (Fsp3) is 0.636. The van der Waals surface area contributed by atoms with Crippen LogP contribution in [0.2, 0.25) is 0 Å². The first kappa shape index (κ1) is 9.44. The highest BCUT2D eigenvalue weighted by Crippen LogP contribution is 2.35. The molecule has 0 aromatic carbocycles. The molecule has 0 N–H and O–H groups in total. The highest BCUT2D eigenvalue weighted by atomic mass is 16.5. The maximum absolute atomic E-state index is 11.8. The molecule has 0 fully saturated rings. The van der Waals surface area contributed by atoms with Gasteiger partial charge in [-0.1, -0.05) is 25.9 Å². The van der Waals surface area contributed by atoms with Crippen LogP contribution in [-0.4, -0.2) is 10.9 Å². The Balaban J connectivity index is 2.47. The van der Waals surface area contributed by atoms with Gasteiger partial charge in [0, 0.05) is 12.8 Å². The summed E-state index contributed by atoms with van der Waals surface area (Å²) in [6, 6.07) is 0. The Hall–Kier alpha value is -1.12. The Morgan fingerprint density at radius 3 is 2.79 bits per heavy atom. The molecular formula is C11H15NO2. The van der Waals surface area contributed by atoms with Gasteiger partial charge in [0.25, 0.3) is 0 Å². The molecule has 76 valence electrons. The SMILES string of the molecule is CCc1noc2c1C(=O)CC(C)(C)C2. The van der Waals surface area contributed by atoms with Crippen LogP contribution in [0.15, 0.2) is 4.52 Å². The molecule has 0 aliphatic heterocycles. The van der Waals surface area contributed by atoms with E-state index in [9.17, 15) is 4.79 Å². The number of aryl methyl sites for hydroxylation is 1. The number of nitrogens with zero attached hydrogens (tertiary/aromatic N) is 1. The number of carbonyl (C=O) groups excluding carboxylic acids is 1. The van der Waals surface area contributed by atoms with Gasteiger partial charge in [0.1, 0.15) is 5.76 Å². The van der Waals surface area contributed by atoms with E-state index in [4.69, 9.17) is 4.52 Å². The molecule has 1 heterocycles. The molecule has 0 spiro atoms. The summed E-state index contributed by atoms with van der Waals surface area (Å²) < 4.78 is 5.21. The molecule has 0 amide bonds. The number of Topliss-reactive ketones (excluding diaryl/α,β-unsaturated/α-hetero) is 1. The Bertz CT molecular complexity index is 377. The van der Waals surface area contributed by atoms with E-state index in [2.05, 4.69) is 19.0 Å². The molecule has 1 aromatic rings. The van der Waals surface area contributed by atoms with Crippen molar-refractivity contribution in [2.75, 3.05) is 0 Å². The number of hydrogen-bond acceptors (Lipinski definition) is 3. The van der Waals surface area contributed by atoms with Crippen molar-refractivity contribution in [1.82, 2.24) is 5.16 Å². The third kappa shape index (κ3) is 1.37. The van der Waals surface area contributed by atoms with Crippen molar-refractivity contribution >= 4 is 5.78 Å². The van der Waals surface area contributed by atoms with E-state index in [0.717, 1.165) is 29.9 Å². The molecule has 1 aliphatic rings. The van der Waals surface area contributed by atoms with Gasteiger partial charge in [-0.3, -0.25) is 4.79 Å². The summed E-state index contributed by atoms with van der Waals surface area (Å²) >= 11 is 0. The van der Waals surface area contributed by atoms with Crippen LogP contribution in [0.25, 0.3) is 0 Å². The van der Waals surface area contributed by atoms with Gasteiger partial charge in [0.15, 0.2) is 5.78 Å². The predicted molar refractivity (Wildman–Crippen MR) is 52.3 cm³/mol. The van der Waals surface area contributed by atoms with E-state index in [0.29, 0.717) is 6.42 Å². The van der Waals surface area contributed by atoms with Crippen molar-refractivity contribution < 1.29 is 9.32 Å². The van der Waals surface area contributed by atoms with Crippen LogP contribution in [0.5, 0.6) is 0 Å². The largest absolute Gasteiger partial charge is 0.360 e. The molecule has 3 nitrogen and oxygen atoms in total. The van der Waals surface area contributed by atoms with E-state index in [-0.39, 0.29) is 11.2 Å². The summed E-state index contributed by atoms with van der Waals surface area (Å²) in [7, 11) is 0. The van der Waals surface area contributed by atoms with Crippen LogP contribution in [0.1, 0.15) is 49.0 Å². The van der Waals surface area contributed by atoms with Gasteiger partial charge in [0.05, 0.1) is 11.3 Å². The van der Waals surface area contributed by atoms with Crippen molar-refractivity contribution in [3.63, 3.8) is 0 Å². The first-order valence-corrected chi connectivity index (χ1v) is 5.04. The fourth-order valence-corrected chi connectivity index (χ4v) is 2.06. The van der Waals surface area contributed by atoms with Crippen LogP contribution in [0, 0.1) is 5.41 Å². The standard InChI is InChI=1S/C11H15NO2/c1-4-7-10-8(13)5-11(2,3)6-9(10)14-12-7/h4-6H2,1-3H3. The number of aromatic nitrogens is 1. The van der Waals surface area contributed by atoms with Crippen LogP contribution >= 0.6 is 0 Å². The van der Waals surface area contributed by atoms with Gasteiger partial charge in [-0.2, -0.15) is 0 Å². The summed E-state index contributed by atoms with van der Waals surface area (Å²) in [5.41, 5.74) is 1.60. The lowest BCUT2D eigenvalue weighted by Gasteiger charge is -2.26. The molecule has 0 saturated heterocycles. The zero-order valence-electron chi connectivity index (χ0n) is 8.89. The topological polar surface area (TPSA) is 43.1 Å². The monoisotopic (exact) mass is 193 g/mol. The Morgan fingerprint density at radius 1 is 1.43 bits per heavy atom. The summed E-state index contributed by atoms with van der Waals surface area (Å²) in [6.07, 6.45) is 2.19.